The quantitative estimate of drug-likeness (QED) is 0.0544. The fraction of sp³-hybridized carbons (Fsp3) is 0.169. The van der Waals surface area contributed by atoms with Gasteiger partial charge in [-0.2, -0.15) is 0 Å². The van der Waals surface area contributed by atoms with E-state index in [1.165, 1.54) is 72.8 Å². The molecule has 1 N–H and O–H groups in total. The van der Waals surface area contributed by atoms with E-state index in [2.05, 4.69) is 105 Å². The summed E-state index contributed by atoms with van der Waals surface area (Å²) in [4.78, 5) is 42.2. The zero-order chi connectivity index (χ0) is 44.1. The van der Waals surface area contributed by atoms with E-state index in [-0.39, 0.29) is 23.4 Å². The van der Waals surface area contributed by atoms with Crippen LogP contribution >= 0.6 is 0 Å². The average Bonchev–Trinajstić information content (AvgIpc) is 3.28. The first-order valence-electron chi connectivity index (χ1n) is 22.3. The van der Waals surface area contributed by atoms with Crippen LogP contribution in [0.25, 0.3) is 60.0 Å². The molecule has 0 spiro atoms. The third kappa shape index (κ3) is 6.17. The number of anilines is 1. The number of aliphatic hydroxyl groups excluding tert-OH is 1. The predicted octanol–water partition coefficient (Wildman–Crippen LogP) is 13.6. The summed E-state index contributed by atoms with van der Waals surface area (Å²) in [5.74, 6) is -0.376. The maximum Gasteiger partial charge on any atom is 0.266 e. The van der Waals surface area contributed by atoms with Crippen LogP contribution in [0.1, 0.15) is 89.2 Å². The van der Waals surface area contributed by atoms with Crippen molar-refractivity contribution < 1.29 is 19.5 Å². The van der Waals surface area contributed by atoms with Crippen LogP contribution in [0, 0.1) is 27.7 Å². The van der Waals surface area contributed by atoms with Gasteiger partial charge in [-0.05, 0) is 189 Å². The molecule has 312 valence electrons. The summed E-state index contributed by atoms with van der Waals surface area (Å²) in [7, 11) is 0. The summed E-state index contributed by atoms with van der Waals surface area (Å²) in [5, 5.41) is 19.0. The fourth-order valence-corrected chi connectivity index (χ4v) is 11.3. The van der Waals surface area contributed by atoms with Crippen LogP contribution in [-0.4, -0.2) is 22.7 Å². The number of nitrogens with zero attached hydrogens (tertiary/aromatic N) is 1. The van der Waals surface area contributed by atoms with E-state index in [0.717, 1.165) is 75.0 Å². The molecule has 0 saturated heterocycles. The molecule has 0 saturated carbocycles. The van der Waals surface area contributed by atoms with Crippen molar-refractivity contribution in [3.05, 3.63) is 200 Å². The van der Waals surface area contributed by atoms with Gasteiger partial charge in [-0.3, -0.25) is 14.4 Å². The number of benzene rings is 9. The largest absolute Gasteiger partial charge is 0.507 e. The maximum atomic E-state index is 14.7. The lowest BCUT2D eigenvalue weighted by Crippen LogP contribution is -2.41. The van der Waals surface area contributed by atoms with E-state index < -0.39 is 0 Å². The monoisotopic (exact) mass is 833 g/mol. The molecule has 0 bridgehead atoms. The van der Waals surface area contributed by atoms with Gasteiger partial charge in [0.25, 0.3) is 11.8 Å². The topological polar surface area (TPSA) is 74.7 Å². The van der Waals surface area contributed by atoms with Gasteiger partial charge >= 0.3 is 0 Å². The van der Waals surface area contributed by atoms with E-state index in [4.69, 9.17) is 0 Å². The third-order valence-electron chi connectivity index (χ3n) is 14.1. The van der Waals surface area contributed by atoms with Gasteiger partial charge in [0.15, 0.2) is 5.78 Å². The molecule has 2 amide bonds. The minimum absolute atomic E-state index is 0.0247. The number of carbonyl (C=O) groups excluding carboxylic acids is 3. The molecular formula is C59H47NO4. The van der Waals surface area contributed by atoms with Gasteiger partial charge in [-0.25, -0.2) is 4.90 Å². The van der Waals surface area contributed by atoms with Crippen LogP contribution in [0.5, 0.6) is 0 Å². The van der Waals surface area contributed by atoms with Crippen LogP contribution in [-0.2, 0) is 30.5 Å². The van der Waals surface area contributed by atoms with E-state index >= 15 is 0 Å². The van der Waals surface area contributed by atoms with Crippen molar-refractivity contribution in [3.8, 4) is 11.1 Å². The summed E-state index contributed by atoms with van der Waals surface area (Å²) in [6.07, 6.45) is 4.91. The van der Waals surface area contributed by atoms with Crippen LogP contribution in [0.15, 0.2) is 133 Å². The second kappa shape index (κ2) is 14.9. The molecule has 0 aromatic heterocycles. The van der Waals surface area contributed by atoms with Gasteiger partial charge < -0.3 is 5.11 Å². The van der Waals surface area contributed by atoms with Crippen LogP contribution in [0.2, 0.25) is 0 Å². The molecule has 5 heteroatoms. The van der Waals surface area contributed by atoms with Gasteiger partial charge in [0.05, 0.1) is 5.69 Å². The van der Waals surface area contributed by atoms with E-state index in [1.807, 2.05) is 50.2 Å². The number of allylic oxidation sites excluding steroid dienone is 1. The highest BCUT2D eigenvalue weighted by Gasteiger charge is 2.37. The van der Waals surface area contributed by atoms with Crippen molar-refractivity contribution in [2.24, 2.45) is 0 Å². The Bertz CT molecular complexity index is 3350. The summed E-state index contributed by atoms with van der Waals surface area (Å²) < 4.78 is 0. The second-order valence-corrected chi connectivity index (χ2v) is 18.2. The number of hydrogen-bond acceptors (Lipinski definition) is 4. The van der Waals surface area contributed by atoms with Crippen LogP contribution < -0.4 is 4.90 Å². The van der Waals surface area contributed by atoms with Gasteiger partial charge in [-0.15, -0.1) is 0 Å². The molecule has 1 heterocycles. The van der Waals surface area contributed by atoms with Crippen molar-refractivity contribution >= 4 is 72.1 Å². The van der Waals surface area contributed by atoms with Gasteiger partial charge in [0.2, 0.25) is 0 Å². The summed E-state index contributed by atoms with van der Waals surface area (Å²) in [6, 6.07) is 44.2. The minimum Gasteiger partial charge on any atom is -0.507 e. The Morgan fingerprint density at radius 3 is 1.58 bits per heavy atom. The Balaban J connectivity index is 0.894. The van der Waals surface area contributed by atoms with Crippen molar-refractivity contribution in [2.45, 2.75) is 66.2 Å². The lowest BCUT2D eigenvalue weighted by Gasteiger charge is -2.31. The van der Waals surface area contributed by atoms with E-state index in [9.17, 15) is 19.5 Å². The Morgan fingerprint density at radius 2 is 1.06 bits per heavy atom. The van der Waals surface area contributed by atoms with E-state index in [0.29, 0.717) is 28.3 Å². The molecular weight excluding hydrogens is 787 g/mol. The number of aryl methyl sites for hydroxylation is 6. The van der Waals surface area contributed by atoms with Crippen molar-refractivity contribution in [2.75, 3.05) is 4.90 Å². The SMILES string of the molecule is CC(=O)C=C(O)c1ccc(CCc2ccc(-c3cc(C)c(N4C(=O)c5ccc6c7ccc8c9c(ccc(c%10ccc(c5c6%10)C4=O)c97)CC(c4c(C)cccc4C)C8)c(C)c3)cc2)cc1. The summed E-state index contributed by atoms with van der Waals surface area (Å²) in [6.45, 7) is 9.86. The highest BCUT2D eigenvalue weighted by Crippen LogP contribution is 2.48. The first-order valence-corrected chi connectivity index (χ1v) is 22.3. The van der Waals surface area contributed by atoms with Gasteiger partial charge in [0, 0.05) is 28.2 Å². The first kappa shape index (κ1) is 39.5. The molecule has 1 aliphatic heterocycles. The molecule has 0 fully saturated rings. The highest BCUT2D eigenvalue weighted by molar-refractivity contribution is 6.42. The number of aliphatic hydroxyl groups is 1. The molecule has 2 aliphatic rings. The number of imide groups is 1. The number of carbonyl (C=O) groups is 3. The molecule has 9 aromatic rings. The van der Waals surface area contributed by atoms with Crippen LogP contribution in [0.3, 0.4) is 0 Å². The zero-order valence-corrected chi connectivity index (χ0v) is 36.7. The Hall–Kier alpha value is -7.37. The second-order valence-electron chi connectivity index (χ2n) is 18.2. The number of amides is 2. The van der Waals surface area contributed by atoms with E-state index in [1.54, 1.807) is 0 Å². The molecule has 1 aliphatic carbocycles. The number of fused-ring (bicyclic) bond motifs is 2. The molecule has 64 heavy (non-hydrogen) atoms. The number of ketones is 1. The number of hydrogen-bond donors (Lipinski definition) is 1. The summed E-state index contributed by atoms with van der Waals surface area (Å²) >= 11 is 0. The zero-order valence-electron chi connectivity index (χ0n) is 36.7. The normalized spacial score (nSPS) is 14.2. The standard InChI is InChI=1S/C59H47NO4/c1-32-7-6-8-33(2)52(32)44-30-41-19-21-45-47-23-25-49-56-50(26-24-48(55(47)56)46-22-20-42(31-44)53(41)54(45)46)59(64)60(58(49)63)57-34(3)27-43(28-35(57)4)39-15-11-37(12-16-39)9-10-38-13-17-40(18-14-38)51(62)29-36(5)61/h6-8,11-29,44,62H,9-10,30-31H2,1-5H3. The maximum absolute atomic E-state index is 14.7. The summed E-state index contributed by atoms with van der Waals surface area (Å²) in [5.41, 5.74) is 15.5. The molecule has 0 unspecified atom stereocenters. The Labute approximate surface area is 372 Å². The third-order valence-corrected chi connectivity index (χ3v) is 14.1. The van der Waals surface area contributed by atoms with Gasteiger partial charge in [-0.1, -0.05) is 103 Å². The molecule has 0 radical (unpaired) electrons. The lowest BCUT2D eigenvalue weighted by molar-refractivity contribution is -0.112. The molecule has 9 aromatic carbocycles. The highest BCUT2D eigenvalue weighted by atomic mass is 16.3. The van der Waals surface area contributed by atoms with Gasteiger partial charge in [0.1, 0.15) is 5.76 Å². The molecule has 5 nitrogen and oxygen atoms in total. The van der Waals surface area contributed by atoms with Crippen molar-refractivity contribution in [3.63, 3.8) is 0 Å². The predicted molar refractivity (Wildman–Crippen MR) is 261 cm³/mol. The van der Waals surface area contributed by atoms with Crippen LogP contribution in [0.4, 0.5) is 5.69 Å². The fourth-order valence-electron chi connectivity index (χ4n) is 11.3. The smallest absolute Gasteiger partial charge is 0.266 e. The Kier molecular flexibility index (Phi) is 9.18. The molecule has 11 rings (SSSR count). The first-order chi connectivity index (χ1) is 30.9. The minimum atomic E-state index is -0.294. The number of rotatable bonds is 8. The molecule has 0 atom stereocenters. The van der Waals surface area contributed by atoms with Crippen molar-refractivity contribution in [1.29, 1.82) is 0 Å². The lowest BCUT2D eigenvalue weighted by atomic mass is 9.74. The van der Waals surface area contributed by atoms with Crippen molar-refractivity contribution in [1.82, 2.24) is 0 Å². The Morgan fingerprint density at radius 1 is 0.578 bits per heavy atom. The average molecular weight is 834 g/mol.